The Hall–Kier alpha value is -4.66. The van der Waals surface area contributed by atoms with Gasteiger partial charge in [0.05, 0.1) is 11.0 Å². The monoisotopic (exact) mass is 511 g/mol. The Morgan fingerprint density at radius 1 is 0.711 bits per heavy atom. The third kappa shape index (κ3) is 4.58. The molecule has 1 saturated carbocycles. The van der Waals surface area contributed by atoms with E-state index in [2.05, 4.69) is 41.0 Å². The van der Waals surface area contributed by atoms with Crippen LogP contribution in [0.15, 0.2) is 84.9 Å². The predicted octanol–water partition coefficient (Wildman–Crippen LogP) is 6.28. The lowest BCUT2D eigenvalue weighted by atomic mass is 9.85. The molecule has 0 N–H and O–H groups in total. The number of benzene rings is 3. The van der Waals surface area contributed by atoms with E-state index < -0.39 is 11.0 Å². The molecule has 1 unspecified atom stereocenters. The molecule has 0 amide bonds. The van der Waals surface area contributed by atoms with Crippen molar-refractivity contribution >= 4 is 22.7 Å². The molecule has 1 fully saturated rings. The number of anilines is 3. The van der Waals surface area contributed by atoms with Gasteiger partial charge in [-0.05, 0) is 66.1 Å². The fraction of sp³-hybridized carbons (Fsp3) is 0.241. The molecular formula is C29H29N5O4. The third-order valence-electron chi connectivity index (χ3n) is 7.66. The Morgan fingerprint density at radius 2 is 1.18 bits per heavy atom. The van der Waals surface area contributed by atoms with Crippen molar-refractivity contribution in [2.24, 2.45) is 7.05 Å². The van der Waals surface area contributed by atoms with Crippen LogP contribution in [0.25, 0.3) is 22.5 Å². The molecule has 1 heterocycles. The molecule has 9 heteroatoms. The summed E-state index contributed by atoms with van der Waals surface area (Å²) in [7, 11) is 5.90. The predicted molar refractivity (Wildman–Crippen MR) is 150 cm³/mol. The van der Waals surface area contributed by atoms with Crippen LogP contribution in [-0.4, -0.2) is 40.6 Å². The fourth-order valence-corrected chi connectivity index (χ4v) is 5.12. The molecule has 38 heavy (non-hydrogen) atoms. The summed E-state index contributed by atoms with van der Waals surface area (Å²) in [6, 6.07) is 26.5. The maximum Gasteiger partial charge on any atom is 0.269 e. The van der Waals surface area contributed by atoms with Crippen molar-refractivity contribution in [3.63, 3.8) is 0 Å². The van der Waals surface area contributed by atoms with E-state index in [0.29, 0.717) is 6.42 Å². The zero-order valence-electron chi connectivity index (χ0n) is 21.5. The van der Waals surface area contributed by atoms with Crippen LogP contribution >= 0.6 is 0 Å². The second-order valence-corrected chi connectivity index (χ2v) is 9.70. The highest BCUT2D eigenvalue weighted by Gasteiger charge is 2.43. The quantitative estimate of drug-likeness (QED) is 0.204. The molecule has 1 aromatic heterocycles. The smallest absolute Gasteiger partial charge is 0.269 e. The second-order valence-electron chi connectivity index (χ2n) is 9.70. The summed E-state index contributed by atoms with van der Waals surface area (Å²) in [5.74, 6) is 0. The van der Waals surface area contributed by atoms with E-state index in [9.17, 15) is 20.2 Å². The molecule has 0 bridgehead atoms. The van der Waals surface area contributed by atoms with Crippen molar-refractivity contribution in [2.45, 2.75) is 24.9 Å². The van der Waals surface area contributed by atoms with E-state index in [0.717, 1.165) is 46.0 Å². The molecule has 0 saturated heterocycles. The molecule has 1 aliphatic carbocycles. The van der Waals surface area contributed by atoms with E-state index in [-0.39, 0.29) is 16.7 Å². The first-order valence-electron chi connectivity index (χ1n) is 12.5. The van der Waals surface area contributed by atoms with E-state index >= 15 is 0 Å². The molecule has 0 aliphatic heterocycles. The average molecular weight is 512 g/mol. The second kappa shape index (κ2) is 10.0. The standard InChI is InChI=1S/C29H29N5O4/c1-30(23-12-14-25(15-13-23)33(35)36)22-8-4-20(5-9-22)26-16-17-27(32(26)3)21-6-10-24(11-7-21)31(2)28-18-19-29(28)34(37)38/h4-17,28-29H,18-19H2,1-3H3/t28?,29-/m0/s1. The summed E-state index contributed by atoms with van der Waals surface area (Å²) in [4.78, 5) is 25.6. The number of nitro benzene ring substituents is 1. The zero-order valence-corrected chi connectivity index (χ0v) is 21.5. The van der Waals surface area contributed by atoms with Gasteiger partial charge < -0.3 is 14.4 Å². The summed E-state index contributed by atoms with van der Waals surface area (Å²) in [5, 5.41) is 22.1. The number of non-ortho nitro benzene ring substituents is 1. The molecule has 4 aromatic rings. The molecule has 3 aromatic carbocycles. The minimum atomic E-state index is -0.490. The summed E-state index contributed by atoms with van der Waals surface area (Å²) in [5.41, 5.74) is 7.19. The minimum Gasteiger partial charge on any atom is -0.365 e. The van der Waals surface area contributed by atoms with Crippen LogP contribution in [0.5, 0.6) is 0 Å². The molecule has 0 radical (unpaired) electrons. The number of nitrogens with zero attached hydrogens (tertiary/aromatic N) is 5. The van der Waals surface area contributed by atoms with Gasteiger partial charge in [-0.2, -0.15) is 0 Å². The Balaban J connectivity index is 1.31. The average Bonchev–Trinajstić information content (AvgIpc) is 3.28. The maximum atomic E-state index is 11.2. The minimum absolute atomic E-state index is 0.0556. The summed E-state index contributed by atoms with van der Waals surface area (Å²) in [6.07, 6.45) is 1.48. The molecule has 9 nitrogen and oxygen atoms in total. The Morgan fingerprint density at radius 3 is 1.61 bits per heavy atom. The number of rotatable bonds is 8. The molecule has 5 rings (SSSR count). The third-order valence-corrected chi connectivity index (χ3v) is 7.66. The van der Waals surface area contributed by atoms with Gasteiger partial charge in [0.25, 0.3) is 5.69 Å². The SMILES string of the molecule is CN(c1ccc(-c2ccc(-c3ccc(N(C)C4CC[C@@H]4[N+](=O)[O-])cc3)n2C)cc1)c1ccc([N+](=O)[O-])cc1. The van der Waals surface area contributed by atoms with Crippen LogP contribution in [-0.2, 0) is 7.05 Å². The summed E-state index contributed by atoms with van der Waals surface area (Å²) in [6.45, 7) is 0. The van der Waals surface area contributed by atoms with Crippen LogP contribution < -0.4 is 9.80 Å². The van der Waals surface area contributed by atoms with E-state index in [1.54, 1.807) is 12.1 Å². The van der Waals surface area contributed by atoms with Crippen LogP contribution in [0.1, 0.15) is 12.8 Å². The normalized spacial score (nSPS) is 16.5. The fourth-order valence-electron chi connectivity index (χ4n) is 5.12. The zero-order chi connectivity index (χ0) is 27.0. The van der Waals surface area contributed by atoms with Crippen molar-refractivity contribution in [3.8, 4) is 22.5 Å². The lowest BCUT2D eigenvalue weighted by Gasteiger charge is -2.38. The first-order valence-corrected chi connectivity index (χ1v) is 12.5. The topological polar surface area (TPSA) is 97.7 Å². The molecule has 194 valence electrons. The first-order chi connectivity index (χ1) is 18.2. The van der Waals surface area contributed by atoms with Gasteiger partial charge in [-0.3, -0.25) is 20.2 Å². The number of hydrogen-bond acceptors (Lipinski definition) is 6. The van der Waals surface area contributed by atoms with Gasteiger partial charge in [-0.25, -0.2) is 0 Å². The number of likely N-dealkylation sites (N-methyl/N-ethyl adjacent to an activating group) is 1. The van der Waals surface area contributed by atoms with Crippen molar-refractivity contribution < 1.29 is 9.85 Å². The molecule has 2 atom stereocenters. The molecule has 1 aliphatic rings. The van der Waals surface area contributed by atoms with Crippen LogP contribution in [0, 0.1) is 20.2 Å². The number of nitro groups is 2. The lowest BCUT2D eigenvalue weighted by Crippen LogP contribution is -2.52. The van der Waals surface area contributed by atoms with E-state index in [1.807, 2.05) is 55.2 Å². The molecular weight excluding hydrogens is 482 g/mol. The van der Waals surface area contributed by atoms with Gasteiger partial charge in [0.15, 0.2) is 0 Å². The van der Waals surface area contributed by atoms with Crippen molar-refractivity contribution in [1.29, 1.82) is 0 Å². The van der Waals surface area contributed by atoms with Crippen molar-refractivity contribution in [3.05, 3.63) is 105 Å². The maximum absolute atomic E-state index is 11.2. The summed E-state index contributed by atoms with van der Waals surface area (Å²) < 4.78 is 2.16. The van der Waals surface area contributed by atoms with Crippen LogP contribution in [0.2, 0.25) is 0 Å². The highest BCUT2D eigenvalue weighted by atomic mass is 16.6. The number of aromatic nitrogens is 1. The first kappa shape index (κ1) is 25.0. The lowest BCUT2D eigenvalue weighted by molar-refractivity contribution is -0.538. The van der Waals surface area contributed by atoms with Crippen molar-refractivity contribution in [1.82, 2.24) is 4.57 Å². The van der Waals surface area contributed by atoms with E-state index in [1.165, 1.54) is 12.1 Å². The van der Waals surface area contributed by atoms with Gasteiger partial charge in [0.2, 0.25) is 6.04 Å². The van der Waals surface area contributed by atoms with Gasteiger partial charge in [-0.1, -0.05) is 24.3 Å². The van der Waals surface area contributed by atoms with Crippen molar-refractivity contribution in [2.75, 3.05) is 23.9 Å². The highest BCUT2D eigenvalue weighted by Crippen LogP contribution is 2.34. The Bertz CT molecular complexity index is 1460. The Labute approximate surface area is 220 Å². The van der Waals surface area contributed by atoms with Gasteiger partial charge in [0, 0.05) is 73.1 Å². The van der Waals surface area contributed by atoms with Gasteiger partial charge >= 0.3 is 0 Å². The largest absolute Gasteiger partial charge is 0.365 e. The van der Waals surface area contributed by atoms with Crippen LogP contribution in [0.3, 0.4) is 0 Å². The summed E-state index contributed by atoms with van der Waals surface area (Å²) >= 11 is 0. The van der Waals surface area contributed by atoms with Gasteiger partial charge in [-0.15, -0.1) is 0 Å². The van der Waals surface area contributed by atoms with Crippen LogP contribution in [0.4, 0.5) is 22.7 Å². The molecule has 0 spiro atoms. The Kier molecular flexibility index (Phi) is 6.59. The highest BCUT2D eigenvalue weighted by molar-refractivity contribution is 5.73. The van der Waals surface area contributed by atoms with E-state index in [4.69, 9.17) is 0 Å². The number of hydrogen-bond donors (Lipinski definition) is 0. The van der Waals surface area contributed by atoms with Gasteiger partial charge in [0.1, 0.15) is 0 Å².